The SMILES string of the molecule is O=S(=O)(C1=CC2OC1CC2CO)c1ccccc1. The van der Waals surface area contributed by atoms with Crippen molar-refractivity contribution in [1.29, 1.82) is 0 Å². The average molecular weight is 266 g/mol. The first-order valence-electron chi connectivity index (χ1n) is 5.91. The highest BCUT2D eigenvalue weighted by Crippen LogP contribution is 2.41. The van der Waals surface area contributed by atoms with E-state index in [4.69, 9.17) is 9.84 Å². The van der Waals surface area contributed by atoms with Crippen LogP contribution in [0.5, 0.6) is 0 Å². The molecule has 0 aromatic heterocycles. The molecular formula is C13H14O4S. The molecule has 18 heavy (non-hydrogen) atoms. The molecule has 2 bridgehead atoms. The van der Waals surface area contributed by atoms with Crippen molar-refractivity contribution in [3.05, 3.63) is 41.3 Å². The number of fused-ring (bicyclic) bond motifs is 2. The van der Waals surface area contributed by atoms with E-state index >= 15 is 0 Å². The monoisotopic (exact) mass is 266 g/mol. The van der Waals surface area contributed by atoms with E-state index in [1.165, 1.54) is 0 Å². The summed E-state index contributed by atoms with van der Waals surface area (Å²) in [6.45, 7) is 0.0380. The summed E-state index contributed by atoms with van der Waals surface area (Å²) in [4.78, 5) is 0.649. The van der Waals surface area contributed by atoms with Crippen molar-refractivity contribution < 1.29 is 18.3 Å². The Bertz CT molecular complexity index is 576. The number of sulfone groups is 1. The van der Waals surface area contributed by atoms with Crippen LogP contribution in [-0.2, 0) is 14.6 Å². The number of aliphatic hydroxyl groups excluding tert-OH is 1. The van der Waals surface area contributed by atoms with Gasteiger partial charge in [-0.2, -0.15) is 0 Å². The van der Waals surface area contributed by atoms with E-state index in [-0.39, 0.29) is 18.6 Å². The van der Waals surface area contributed by atoms with Gasteiger partial charge in [0.25, 0.3) is 0 Å². The predicted octanol–water partition coefficient (Wildman–Crippen LogP) is 1.12. The molecule has 3 unspecified atom stereocenters. The highest BCUT2D eigenvalue weighted by molar-refractivity contribution is 7.95. The Labute approximate surface area is 106 Å². The van der Waals surface area contributed by atoms with Crippen LogP contribution in [-0.4, -0.2) is 32.3 Å². The van der Waals surface area contributed by atoms with Gasteiger partial charge in [0.15, 0.2) is 0 Å². The summed E-state index contributed by atoms with van der Waals surface area (Å²) in [5.74, 6) is 0.0322. The van der Waals surface area contributed by atoms with Crippen LogP contribution in [0.25, 0.3) is 0 Å². The zero-order valence-electron chi connectivity index (χ0n) is 9.69. The van der Waals surface area contributed by atoms with Crippen molar-refractivity contribution in [3.63, 3.8) is 0 Å². The number of hydrogen-bond acceptors (Lipinski definition) is 4. The van der Waals surface area contributed by atoms with Gasteiger partial charge in [0, 0.05) is 12.5 Å². The molecule has 3 atom stereocenters. The number of ether oxygens (including phenoxy) is 1. The van der Waals surface area contributed by atoms with E-state index < -0.39 is 15.9 Å². The van der Waals surface area contributed by atoms with Crippen molar-refractivity contribution in [2.75, 3.05) is 6.61 Å². The Morgan fingerprint density at radius 3 is 2.56 bits per heavy atom. The third-order valence-corrected chi connectivity index (χ3v) is 5.46. The van der Waals surface area contributed by atoms with Crippen LogP contribution < -0.4 is 0 Å². The van der Waals surface area contributed by atoms with E-state index in [0.717, 1.165) is 0 Å². The Balaban J connectivity index is 1.96. The Kier molecular flexibility index (Phi) is 2.77. The molecule has 0 amide bonds. The fourth-order valence-electron chi connectivity index (χ4n) is 2.57. The molecular weight excluding hydrogens is 252 g/mol. The summed E-state index contributed by atoms with van der Waals surface area (Å²) in [5.41, 5.74) is 0. The van der Waals surface area contributed by atoms with Crippen LogP contribution >= 0.6 is 0 Å². The second-order valence-corrected chi connectivity index (χ2v) is 6.60. The summed E-state index contributed by atoms with van der Waals surface area (Å²) >= 11 is 0. The van der Waals surface area contributed by atoms with Crippen molar-refractivity contribution in [2.45, 2.75) is 23.5 Å². The Morgan fingerprint density at radius 2 is 2.00 bits per heavy atom. The molecule has 0 saturated carbocycles. The maximum atomic E-state index is 12.4. The number of aliphatic hydroxyl groups is 1. The van der Waals surface area contributed by atoms with Gasteiger partial charge in [0.1, 0.15) is 0 Å². The predicted molar refractivity (Wildman–Crippen MR) is 65.6 cm³/mol. The number of benzene rings is 1. The minimum atomic E-state index is -3.45. The quantitative estimate of drug-likeness (QED) is 0.890. The third kappa shape index (κ3) is 1.70. The smallest absolute Gasteiger partial charge is 0.205 e. The molecule has 5 heteroatoms. The molecule has 4 nitrogen and oxygen atoms in total. The summed E-state index contributed by atoms with van der Waals surface area (Å²) in [6, 6.07) is 8.37. The minimum absolute atomic E-state index is 0.0322. The van der Waals surface area contributed by atoms with Crippen molar-refractivity contribution in [3.8, 4) is 0 Å². The fraction of sp³-hybridized carbons (Fsp3) is 0.385. The Morgan fingerprint density at radius 1 is 1.28 bits per heavy atom. The summed E-state index contributed by atoms with van der Waals surface area (Å²) in [5, 5.41) is 9.14. The second kappa shape index (κ2) is 4.19. The second-order valence-electron chi connectivity index (χ2n) is 4.65. The lowest BCUT2D eigenvalue weighted by Gasteiger charge is -2.16. The number of rotatable bonds is 3. The zero-order valence-corrected chi connectivity index (χ0v) is 10.5. The lowest BCUT2D eigenvalue weighted by atomic mass is 9.95. The molecule has 2 aliphatic heterocycles. The van der Waals surface area contributed by atoms with Crippen molar-refractivity contribution in [2.24, 2.45) is 5.92 Å². The Hall–Kier alpha value is -1.17. The fourth-order valence-corrected chi connectivity index (χ4v) is 4.17. The molecule has 0 aliphatic carbocycles. The zero-order chi connectivity index (χ0) is 12.8. The lowest BCUT2D eigenvalue weighted by molar-refractivity contribution is 0.0939. The molecule has 0 spiro atoms. The van der Waals surface area contributed by atoms with Crippen LogP contribution in [0.15, 0.2) is 46.2 Å². The van der Waals surface area contributed by atoms with Gasteiger partial charge in [-0.15, -0.1) is 0 Å². The molecule has 1 N–H and O–H groups in total. The number of hydrogen-bond donors (Lipinski definition) is 1. The summed E-state index contributed by atoms with van der Waals surface area (Å²) < 4.78 is 30.4. The standard InChI is InChI=1S/C13H14O4S/c14-8-9-6-12-13(7-11(9)17-12)18(15,16)10-4-2-1-3-5-10/h1-5,7,9,11-12,14H,6,8H2. The van der Waals surface area contributed by atoms with E-state index in [1.54, 1.807) is 36.4 Å². The van der Waals surface area contributed by atoms with Crippen LogP contribution in [0.3, 0.4) is 0 Å². The highest BCUT2D eigenvalue weighted by Gasteiger charge is 2.45. The first kappa shape index (κ1) is 11.9. The molecule has 1 saturated heterocycles. The topological polar surface area (TPSA) is 63.6 Å². The van der Waals surface area contributed by atoms with Crippen LogP contribution in [0.2, 0.25) is 0 Å². The van der Waals surface area contributed by atoms with Gasteiger partial charge in [-0.3, -0.25) is 0 Å². The van der Waals surface area contributed by atoms with Gasteiger partial charge in [-0.1, -0.05) is 18.2 Å². The third-order valence-electron chi connectivity index (χ3n) is 3.55. The van der Waals surface area contributed by atoms with Gasteiger partial charge < -0.3 is 9.84 Å². The minimum Gasteiger partial charge on any atom is -0.396 e. The molecule has 2 aliphatic rings. The average Bonchev–Trinajstić information content (AvgIpc) is 2.99. The highest BCUT2D eigenvalue weighted by atomic mass is 32.2. The maximum Gasteiger partial charge on any atom is 0.205 e. The first-order chi connectivity index (χ1) is 8.63. The van der Waals surface area contributed by atoms with E-state index in [9.17, 15) is 8.42 Å². The summed E-state index contributed by atoms with van der Waals surface area (Å²) in [6.07, 6.45) is 1.59. The maximum absolute atomic E-state index is 12.4. The van der Waals surface area contributed by atoms with Crippen LogP contribution in [0, 0.1) is 5.92 Å². The molecule has 2 heterocycles. The van der Waals surface area contributed by atoms with E-state index in [1.807, 2.05) is 0 Å². The van der Waals surface area contributed by atoms with Crippen molar-refractivity contribution in [1.82, 2.24) is 0 Å². The van der Waals surface area contributed by atoms with Gasteiger partial charge in [0.2, 0.25) is 9.84 Å². The molecule has 96 valence electrons. The summed E-state index contributed by atoms with van der Waals surface area (Å²) in [7, 11) is -3.45. The normalized spacial score (nSPS) is 30.5. The van der Waals surface area contributed by atoms with Crippen LogP contribution in [0.1, 0.15) is 6.42 Å². The molecule has 0 radical (unpaired) electrons. The van der Waals surface area contributed by atoms with Gasteiger partial charge in [0.05, 0.1) is 22.0 Å². The lowest BCUT2D eigenvalue weighted by Crippen LogP contribution is -2.21. The van der Waals surface area contributed by atoms with E-state index in [2.05, 4.69) is 0 Å². The molecule has 1 fully saturated rings. The van der Waals surface area contributed by atoms with Crippen LogP contribution in [0.4, 0.5) is 0 Å². The van der Waals surface area contributed by atoms with Gasteiger partial charge in [-0.05, 0) is 24.6 Å². The van der Waals surface area contributed by atoms with Gasteiger partial charge in [-0.25, -0.2) is 8.42 Å². The molecule has 1 aromatic rings. The molecule has 1 aromatic carbocycles. The van der Waals surface area contributed by atoms with Crippen molar-refractivity contribution >= 4 is 9.84 Å². The van der Waals surface area contributed by atoms with E-state index in [0.29, 0.717) is 16.2 Å². The molecule has 3 rings (SSSR count). The van der Waals surface area contributed by atoms with Gasteiger partial charge >= 0.3 is 0 Å². The largest absolute Gasteiger partial charge is 0.396 e. The first-order valence-corrected chi connectivity index (χ1v) is 7.39.